The van der Waals surface area contributed by atoms with Crippen LogP contribution in [-0.2, 0) is 9.53 Å². The minimum atomic E-state index is -0.923. The van der Waals surface area contributed by atoms with Crippen molar-refractivity contribution in [1.82, 2.24) is 0 Å². The van der Waals surface area contributed by atoms with Gasteiger partial charge in [-0.25, -0.2) is 0 Å². The van der Waals surface area contributed by atoms with Gasteiger partial charge in [0.15, 0.2) is 6.29 Å². The predicted octanol–water partition coefficient (Wildman–Crippen LogP) is 8.08. The van der Waals surface area contributed by atoms with Gasteiger partial charge in [-0.2, -0.15) is 0 Å². The summed E-state index contributed by atoms with van der Waals surface area (Å²) in [6.07, 6.45) is 25.7. The summed E-state index contributed by atoms with van der Waals surface area (Å²) in [4.78, 5) is 11.4. The maximum atomic E-state index is 11.4. The van der Waals surface area contributed by atoms with Gasteiger partial charge < -0.3 is 9.84 Å². The zero-order chi connectivity index (χ0) is 20.7. The second kappa shape index (κ2) is 22.7. The molecular weight excluding hydrogens is 348 g/mol. The van der Waals surface area contributed by atoms with E-state index < -0.39 is 6.29 Å². The van der Waals surface area contributed by atoms with Gasteiger partial charge >= 0.3 is 5.97 Å². The molecule has 0 aromatic heterocycles. The Morgan fingerprint density at radius 2 is 0.929 bits per heavy atom. The zero-order valence-corrected chi connectivity index (χ0v) is 19.2. The van der Waals surface area contributed by atoms with Crippen LogP contribution in [0.4, 0.5) is 0 Å². The zero-order valence-electron chi connectivity index (χ0n) is 19.2. The summed E-state index contributed by atoms with van der Waals surface area (Å²) in [5.41, 5.74) is 0. The van der Waals surface area contributed by atoms with E-state index in [0.717, 1.165) is 12.8 Å². The Balaban J connectivity index is 3.09. The number of carbonyl (C=O) groups is 1. The number of hydrogen-bond acceptors (Lipinski definition) is 3. The van der Waals surface area contributed by atoms with Gasteiger partial charge in [0.1, 0.15) is 0 Å². The van der Waals surface area contributed by atoms with Gasteiger partial charge in [-0.05, 0) is 6.42 Å². The van der Waals surface area contributed by atoms with Crippen molar-refractivity contribution in [2.75, 3.05) is 0 Å². The van der Waals surface area contributed by atoms with Crippen molar-refractivity contribution in [1.29, 1.82) is 0 Å². The first-order valence-corrected chi connectivity index (χ1v) is 12.6. The molecule has 0 rings (SSSR count). The molecule has 168 valence electrons. The third kappa shape index (κ3) is 21.7. The van der Waals surface area contributed by atoms with Crippen LogP contribution in [0, 0.1) is 0 Å². The molecule has 1 unspecified atom stereocenters. The van der Waals surface area contributed by atoms with Crippen molar-refractivity contribution in [3.05, 3.63) is 0 Å². The van der Waals surface area contributed by atoms with E-state index in [4.69, 9.17) is 4.74 Å². The molecule has 0 amide bonds. The van der Waals surface area contributed by atoms with Crippen LogP contribution < -0.4 is 0 Å². The summed E-state index contributed by atoms with van der Waals surface area (Å²) < 4.78 is 4.85. The molecule has 0 radical (unpaired) electrons. The molecule has 0 heterocycles. The normalized spacial score (nSPS) is 12.2. The molecule has 3 heteroatoms. The number of ether oxygens (including phenoxy) is 1. The summed E-state index contributed by atoms with van der Waals surface area (Å²) in [6.45, 7) is 4.08. The van der Waals surface area contributed by atoms with Crippen molar-refractivity contribution in [2.24, 2.45) is 0 Å². The van der Waals surface area contributed by atoms with Gasteiger partial charge in [-0.15, -0.1) is 0 Å². The quantitative estimate of drug-likeness (QED) is 0.114. The Bertz CT molecular complexity index is 317. The van der Waals surface area contributed by atoms with Crippen molar-refractivity contribution in [3.63, 3.8) is 0 Å². The second-order valence-corrected chi connectivity index (χ2v) is 8.47. The van der Waals surface area contributed by atoms with E-state index in [1.54, 1.807) is 6.92 Å². The van der Waals surface area contributed by atoms with Crippen LogP contribution in [0.3, 0.4) is 0 Å². The number of aliphatic hydroxyl groups is 1. The van der Waals surface area contributed by atoms with Crippen LogP contribution >= 0.6 is 0 Å². The Kier molecular flexibility index (Phi) is 22.3. The fraction of sp³-hybridized carbons (Fsp3) is 0.960. The maximum absolute atomic E-state index is 11.4. The molecule has 1 atom stereocenters. The summed E-state index contributed by atoms with van der Waals surface area (Å²) in [7, 11) is 0. The highest BCUT2D eigenvalue weighted by molar-refractivity contribution is 5.69. The molecule has 0 fully saturated rings. The minimum absolute atomic E-state index is 0.263. The molecule has 0 aliphatic heterocycles. The molecule has 0 saturated heterocycles. The van der Waals surface area contributed by atoms with Gasteiger partial charge in [-0.3, -0.25) is 4.79 Å². The SMILES string of the molecule is CCCCCCCCCCCCCCCCCCCCCC(=O)OC(O)CC. The van der Waals surface area contributed by atoms with Gasteiger partial charge in [0.05, 0.1) is 0 Å². The van der Waals surface area contributed by atoms with E-state index in [9.17, 15) is 9.90 Å². The number of carbonyl (C=O) groups excluding carboxylic acids is 1. The summed E-state index contributed by atoms with van der Waals surface area (Å²) in [6, 6.07) is 0. The average molecular weight is 399 g/mol. The topological polar surface area (TPSA) is 46.5 Å². The number of esters is 1. The third-order valence-corrected chi connectivity index (χ3v) is 5.60. The van der Waals surface area contributed by atoms with E-state index in [-0.39, 0.29) is 5.97 Å². The van der Waals surface area contributed by atoms with Crippen molar-refractivity contribution in [2.45, 2.75) is 155 Å². The van der Waals surface area contributed by atoms with Crippen LogP contribution in [0.1, 0.15) is 149 Å². The second-order valence-electron chi connectivity index (χ2n) is 8.47. The molecule has 0 aromatic carbocycles. The monoisotopic (exact) mass is 398 g/mol. The molecule has 0 saturated carbocycles. The van der Waals surface area contributed by atoms with E-state index in [1.807, 2.05) is 0 Å². The van der Waals surface area contributed by atoms with Gasteiger partial charge in [0.2, 0.25) is 0 Å². The molecule has 0 bridgehead atoms. The van der Waals surface area contributed by atoms with Crippen LogP contribution in [0.15, 0.2) is 0 Å². The Morgan fingerprint density at radius 1 is 0.607 bits per heavy atom. The lowest BCUT2D eigenvalue weighted by atomic mass is 10.0. The molecular formula is C25H50O3. The highest BCUT2D eigenvalue weighted by Gasteiger charge is 2.07. The lowest BCUT2D eigenvalue weighted by Gasteiger charge is -2.09. The fourth-order valence-corrected chi connectivity index (χ4v) is 3.64. The van der Waals surface area contributed by atoms with Gasteiger partial charge in [0.25, 0.3) is 0 Å². The van der Waals surface area contributed by atoms with E-state index >= 15 is 0 Å². The number of unbranched alkanes of at least 4 members (excludes halogenated alkanes) is 18. The van der Waals surface area contributed by atoms with Gasteiger partial charge in [-0.1, -0.05) is 129 Å². The molecule has 0 aromatic rings. The fourth-order valence-electron chi connectivity index (χ4n) is 3.64. The summed E-state index contributed by atoms with van der Waals surface area (Å²) in [5, 5.41) is 9.24. The lowest BCUT2D eigenvalue weighted by molar-refractivity contribution is -0.168. The van der Waals surface area contributed by atoms with Crippen molar-refractivity contribution < 1.29 is 14.6 Å². The molecule has 0 spiro atoms. The largest absolute Gasteiger partial charge is 0.436 e. The van der Waals surface area contributed by atoms with Crippen LogP contribution in [-0.4, -0.2) is 17.4 Å². The first kappa shape index (κ1) is 27.4. The van der Waals surface area contributed by atoms with Crippen molar-refractivity contribution in [3.8, 4) is 0 Å². The highest BCUT2D eigenvalue weighted by Crippen LogP contribution is 2.15. The van der Waals surface area contributed by atoms with E-state index in [2.05, 4.69) is 6.92 Å². The Morgan fingerprint density at radius 3 is 1.25 bits per heavy atom. The first-order valence-electron chi connectivity index (χ1n) is 12.6. The third-order valence-electron chi connectivity index (χ3n) is 5.60. The maximum Gasteiger partial charge on any atom is 0.308 e. The van der Waals surface area contributed by atoms with Crippen LogP contribution in [0.25, 0.3) is 0 Å². The number of hydrogen-bond donors (Lipinski definition) is 1. The number of rotatable bonds is 22. The standard InChI is InChI=1S/C25H50O3/c1-3-5-6-7-8-9-10-11-12-13-14-15-16-17-18-19-20-21-22-23-25(27)28-24(26)4-2/h24,26H,3-23H2,1-2H3. The molecule has 0 aliphatic carbocycles. The summed E-state index contributed by atoms with van der Waals surface area (Å²) >= 11 is 0. The Hall–Kier alpha value is -0.570. The van der Waals surface area contributed by atoms with Crippen molar-refractivity contribution >= 4 is 5.97 Å². The molecule has 0 aliphatic rings. The predicted molar refractivity (Wildman–Crippen MR) is 120 cm³/mol. The average Bonchev–Trinajstić information content (AvgIpc) is 2.69. The Labute approximate surface area is 176 Å². The minimum Gasteiger partial charge on any atom is -0.436 e. The smallest absolute Gasteiger partial charge is 0.308 e. The van der Waals surface area contributed by atoms with Crippen LogP contribution in [0.2, 0.25) is 0 Å². The molecule has 28 heavy (non-hydrogen) atoms. The number of aliphatic hydroxyl groups excluding tert-OH is 1. The van der Waals surface area contributed by atoms with E-state index in [0.29, 0.717) is 12.8 Å². The molecule has 3 nitrogen and oxygen atoms in total. The van der Waals surface area contributed by atoms with Gasteiger partial charge in [0, 0.05) is 12.8 Å². The van der Waals surface area contributed by atoms with Crippen LogP contribution in [0.5, 0.6) is 0 Å². The van der Waals surface area contributed by atoms with E-state index in [1.165, 1.54) is 109 Å². The summed E-state index contributed by atoms with van der Waals surface area (Å²) in [5.74, 6) is -0.263. The highest BCUT2D eigenvalue weighted by atomic mass is 16.6. The lowest BCUT2D eigenvalue weighted by Crippen LogP contribution is -2.16. The molecule has 1 N–H and O–H groups in total. The first-order chi connectivity index (χ1) is 13.7.